The average molecular weight is 394 g/mol. The van der Waals surface area contributed by atoms with Crippen molar-refractivity contribution in [2.75, 3.05) is 0 Å². The highest BCUT2D eigenvalue weighted by atomic mass is 19.3. The van der Waals surface area contributed by atoms with E-state index in [2.05, 4.69) is 6.92 Å². The topological polar surface area (TPSA) is 43.1 Å². The van der Waals surface area contributed by atoms with Crippen LogP contribution in [0.5, 0.6) is 0 Å². The third kappa shape index (κ3) is 6.28. The lowest BCUT2D eigenvalue weighted by Crippen LogP contribution is -2.47. The first-order valence-corrected chi connectivity index (χ1v) is 11.1. The standard InChI is InChI=1S/C24H37F2NO/c1-2-3-4-5-6-7-8-12-15-21(20-13-10-9-11-14-20)23(22(27)28)16-18-24(25,26)19-17-23/h9-11,13-14,21H,2-8,12,15-19H2,1H3,(H2,27,28). The molecule has 1 aliphatic carbocycles. The number of unbranched alkanes of at least 4 members (excludes halogenated alkanes) is 7. The minimum absolute atomic E-state index is 0.0672. The first kappa shape index (κ1) is 22.8. The van der Waals surface area contributed by atoms with Crippen LogP contribution in [0.15, 0.2) is 30.3 Å². The van der Waals surface area contributed by atoms with Crippen molar-refractivity contribution < 1.29 is 13.6 Å². The van der Waals surface area contributed by atoms with Crippen LogP contribution in [-0.4, -0.2) is 11.8 Å². The van der Waals surface area contributed by atoms with Gasteiger partial charge in [-0.15, -0.1) is 0 Å². The van der Waals surface area contributed by atoms with Gasteiger partial charge >= 0.3 is 0 Å². The van der Waals surface area contributed by atoms with E-state index in [0.29, 0.717) is 0 Å². The third-order valence-electron chi connectivity index (χ3n) is 6.58. The quantitative estimate of drug-likeness (QED) is 0.382. The van der Waals surface area contributed by atoms with Gasteiger partial charge in [-0.05, 0) is 30.7 Å². The van der Waals surface area contributed by atoms with Crippen LogP contribution in [0.2, 0.25) is 0 Å². The van der Waals surface area contributed by atoms with Gasteiger partial charge in [0.2, 0.25) is 11.8 Å². The van der Waals surface area contributed by atoms with E-state index >= 15 is 0 Å². The highest BCUT2D eigenvalue weighted by molar-refractivity contribution is 5.82. The fourth-order valence-electron chi connectivity index (χ4n) is 4.76. The molecule has 0 radical (unpaired) electrons. The first-order valence-electron chi connectivity index (χ1n) is 11.1. The Hall–Kier alpha value is -1.45. The zero-order valence-corrected chi connectivity index (χ0v) is 17.4. The van der Waals surface area contributed by atoms with Crippen molar-refractivity contribution in [1.82, 2.24) is 0 Å². The van der Waals surface area contributed by atoms with Crippen molar-refractivity contribution in [2.45, 2.75) is 102 Å². The molecule has 1 aromatic carbocycles. The summed E-state index contributed by atoms with van der Waals surface area (Å²) in [7, 11) is 0. The van der Waals surface area contributed by atoms with Crippen LogP contribution in [0.1, 0.15) is 102 Å². The zero-order valence-electron chi connectivity index (χ0n) is 17.4. The van der Waals surface area contributed by atoms with E-state index in [9.17, 15) is 13.6 Å². The lowest BCUT2D eigenvalue weighted by atomic mass is 9.61. The zero-order chi connectivity index (χ0) is 20.5. The molecule has 1 atom stereocenters. The maximum absolute atomic E-state index is 13.8. The van der Waals surface area contributed by atoms with Crippen molar-refractivity contribution in [1.29, 1.82) is 0 Å². The summed E-state index contributed by atoms with van der Waals surface area (Å²) >= 11 is 0. The Bertz CT molecular complexity index is 578. The summed E-state index contributed by atoms with van der Waals surface area (Å²) in [6, 6.07) is 9.91. The largest absolute Gasteiger partial charge is 0.369 e. The number of primary amides is 1. The molecule has 1 unspecified atom stereocenters. The molecule has 0 aliphatic heterocycles. The highest BCUT2D eigenvalue weighted by Gasteiger charge is 2.51. The van der Waals surface area contributed by atoms with Crippen LogP contribution in [0.4, 0.5) is 8.78 Å². The molecular formula is C24H37F2NO. The van der Waals surface area contributed by atoms with Gasteiger partial charge in [0.25, 0.3) is 0 Å². The first-order chi connectivity index (χ1) is 13.4. The van der Waals surface area contributed by atoms with Gasteiger partial charge in [-0.2, -0.15) is 0 Å². The molecule has 158 valence electrons. The molecule has 0 saturated heterocycles. The Morgan fingerprint density at radius 3 is 2.00 bits per heavy atom. The van der Waals surface area contributed by atoms with Gasteiger partial charge < -0.3 is 5.73 Å². The molecule has 2 N–H and O–H groups in total. The lowest BCUT2D eigenvalue weighted by molar-refractivity contribution is -0.138. The molecule has 1 aliphatic rings. The van der Waals surface area contributed by atoms with E-state index < -0.39 is 17.2 Å². The van der Waals surface area contributed by atoms with Crippen molar-refractivity contribution in [3.8, 4) is 0 Å². The molecular weight excluding hydrogens is 356 g/mol. The molecule has 1 amide bonds. The second kappa shape index (κ2) is 10.9. The summed E-state index contributed by atoms with van der Waals surface area (Å²) in [6.45, 7) is 2.22. The number of carbonyl (C=O) groups is 1. The number of nitrogens with two attached hydrogens (primary N) is 1. The molecule has 0 spiro atoms. The van der Waals surface area contributed by atoms with Crippen molar-refractivity contribution >= 4 is 5.91 Å². The van der Waals surface area contributed by atoms with Crippen LogP contribution >= 0.6 is 0 Å². The predicted molar refractivity (Wildman–Crippen MR) is 111 cm³/mol. The Morgan fingerprint density at radius 1 is 0.929 bits per heavy atom. The molecule has 2 nitrogen and oxygen atoms in total. The molecule has 1 aromatic rings. The van der Waals surface area contributed by atoms with Gasteiger partial charge in [0.1, 0.15) is 0 Å². The van der Waals surface area contributed by atoms with Gasteiger partial charge in [0.15, 0.2) is 0 Å². The Labute approximate surface area is 169 Å². The Kier molecular flexibility index (Phi) is 8.91. The number of amides is 1. The van der Waals surface area contributed by atoms with Gasteiger partial charge in [0, 0.05) is 12.8 Å². The van der Waals surface area contributed by atoms with E-state index in [1.165, 1.54) is 38.5 Å². The maximum atomic E-state index is 13.8. The number of benzene rings is 1. The lowest BCUT2D eigenvalue weighted by Gasteiger charge is -2.43. The van der Waals surface area contributed by atoms with Gasteiger partial charge in [0.05, 0.1) is 5.41 Å². The normalized spacial score (nSPS) is 19.2. The minimum atomic E-state index is -2.67. The van der Waals surface area contributed by atoms with Crippen LogP contribution in [0.3, 0.4) is 0 Å². The van der Waals surface area contributed by atoms with Crippen LogP contribution in [0.25, 0.3) is 0 Å². The molecule has 2 rings (SSSR count). The van der Waals surface area contributed by atoms with Crippen LogP contribution in [0, 0.1) is 5.41 Å². The van der Waals surface area contributed by atoms with Crippen LogP contribution in [-0.2, 0) is 4.79 Å². The third-order valence-corrected chi connectivity index (χ3v) is 6.58. The molecule has 0 aromatic heterocycles. The maximum Gasteiger partial charge on any atom is 0.248 e. The average Bonchev–Trinajstić information content (AvgIpc) is 2.68. The summed E-state index contributed by atoms with van der Waals surface area (Å²) in [5, 5.41) is 0. The summed E-state index contributed by atoms with van der Waals surface area (Å²) < 4.78 is 27.6. The second-order valence-corrected chi connectivity index (χ2v) is 8.60. The molecule has 1 fully saturated rings. The van der Waals surface area contributed by atoms with Gasteiger partial charge in [-0.1, -0.05) is 88.6 Å². The number of alkyl halides is 2. The smallest absolute Gasteiger partial charge is 0.248 e. The summed E-state index contributed by atoms with van der Waals surface area (Å²) in [5.41, 5.74) is 6.06. The van der Waals surface area contributed by atoms with E-state index in [1.807, 2.05) is 30.3 Å². The Balaban J connectivity index is 2.02. The molecule has 28 heavy (non-hydrogen) atoms. The van der Waals surface area contributed by atoms with Gasteiger partial charge in [-0.25, -0.2) is 8.78 Å². The fraction of sp³-hybridized carbons (Fsp3) is 0.708. The highest BCUT2D eigenvalue weighted by Crippen LogP contribution is 2.52. The van der Waals surface area contributed by atoms with E-state index in [4.69, 9.17) is 5.73 Å². The number of hydrogen-bond donors (Lipinski definition) is 1. The van der Waals surface area contributed by atoms with E-state index in [-0.39, 0.29) is 31.6 Å². The van der Waals surface area contributed by atoms with E-state index in [0.717, 1.165) is 24.8 Å². The predicted octanol–water partition coefficient (Wildman–Crippen LogP) is 6.98. The fourth-order valence-corrected chi connectivity index (χ4v) is 4.76. The summed E-state index contributed by atoms with van der Waals surface area (Å²) in [6.07, 6.45) is 10.5. The number of carbonyl (C=O) groups excluding carboxylic acids is 1. The molecule has 0 heterocycles. The minimum Gasteiger partial charge on any atom is -0.369 e. The molecule has 4 heteroatoms. The second-order valence-electron chi connectivity index (χ2n) is 8.60. The Morgan fingerprint density at radius 2 is 1.46 bits per heavy atom. The summed E-state index contributed by atoms with van der Waals surface area (Å²) in [5.74, 6) is -3.14. The van der Waals surface area contributed by atoms with Crippen molar-refractivity contribution in [2.24, 2.45) is 11.1 Å². The van der Waals surface area contributed by atoms with E-state index in [1.54, 1.807) is 0 Å². The van der Waals surface area contributed by atoms with Gasteiger partial charge in [-0.3, -0.25) is 4.79 Å². The van der Waals surface area contributed by atoms with Crippen LogP contribution < -0.4 is 5.73 Å². The summed E-state index contributed by atoms with van der Waals surface area (Å²) in [4.78, 5) is 12.5. The van der Waals surface area contributed by atoms with Crippen molar-refractivity contribution in [3.05, 3.63) is 35.9 Å². The molecule has 0 bridgehead atoms. The number of hydrogen-bond acceptors (Lipinski definition) is 1. The number of rotatable bonds is 12. The molecule has 1 saturated carbocycles. The monoisotopic (exact) mass is 393 g/mol. The van der Waals surface area contributed by atoms with Crippen molar-refractivity contribution in [3.63, 3.8) is 0 Å². The number of halogens is 2. The SMILES string of the molecule is CCCCCCCCCCC(c1ccccc1)C1(C(N)=O)CCC(F)(F)CC1.